The molecule has 0 atom stereocenters. The smallest absolute Gasteiger partial charge is 0.343 e. The van der Waals surface area contributed by atoms with Crippen LogP contribution in [0.2, 0.25) is 0 Å². The van der Waals surface area contributed by atoms with Crippen molar-refractivity contribution < 1.29 is 18.7 Å². The molecule has 0 aliphatic carbocycles. The Morgan fingerprint density at radius 1 is 1.23 bits per heavy atom. The lowest BCUT2D eigenvalue weighted by Gasteiger charge is -2.15. The van der Waals surface area contributed by atoms with Crippen LogP contribution in [-0.4, -0.2) is 15.6 Å². The number of aromatic carboxylic acids is 1. The minimum atomic E-state index is -1.28. The Hall–Kier alpha value is -3.09. The van der Waals surface area contributed by atoms with Gasteiger partial charge in [-0.15, -0.1) is 0 Å². The van der Waals surface area contributed by atoms with Gasteiger partial charge in [-0.1, -0.05) is 19.9 Å². The summed E-state index contributed by atoms with van der Waals surface area (Å²) in [4.78, 5) is 24.2. The lowest BCUT2D eigenvalue weighted by molar-refractivity contribution is 0.0698. The van der Waals surface area contributed by atoms with Crippen LogP contribution >= 0.6 is 0 Å². The Kier molecular flexibility index (Phi) is 5.50. The van der Waals surface area contributed by atoms with Gasteiger partial charge in [-0.05, 0) is 37.6 Å². The molecule has 0 amide bonds. The molecule has 0 aliphatic rings. The molecule has 3 rings (SSSR count). The second-order valence-electron chi connectivity index (χ2n) is 5.60. The number of carboxylic acids is 1. The molecule has 1 aromatic carbocycles. The number of nitrogens with zero attached hydrogens (tertiary/aromatic N) is 1. The molecule has 138 valence electrons. The van der Waals surface area contributed by atoms with Gasteiger partial charge in [0.15, 0.2) is 5.58 Å². The third-order valence-corrected chi connectivity index (χ3v) is 3.78. The van der Waals surface area contributed by atoms with E-state index in [4.69, 9.17) is 4.42 Å². The lowest BCUT2D eigenvalue weighted by Crippen LogP contribution is -2.23. The molecule has 0 aliphatic heterocycles. The molecule has 7 heteroatoms. The fraction of sp³-hybridized carbons (Fsp3) is 0.263. The van der Waals surface area contributed by atoms with Crippen LogP contribution in [0.4, 0.5) is 15.9 Å². The molecule has 0 saturated heterocycles. The van der Waals surface area contributed by atoms with E-state index in [0.717, 1.165) is 10.1 Å². The van der Waals surface area contributed by atoms with Gasteiger partial charge in [0.1, 0.15) is 23.0 Å². The molecule has 6 nitrogen and oxygen atoms in total. The first-order chi connectivity index (χ1) is 12.3. The number of carbonyl (C=O) groups is 1. The van der Waals surface area contributed by atoms with Crippen LogP contribution in [-0.2, 0) is 7.05 Å². The zero-order valence-electron chi connectivity index (χ0n) is 15.3. The Bertz CT molecular complexity index is 1030. The Morgan fingerprint density at radius 3 is 2.46 bits per heavy atom. The first-order valence-electron chi connectivity index (χ1n) is 8.19. The van der Waals surface area contributed by atoms with Crippen LogP contribution in [0, 0.1) is 19.7 Å². The second-order valence-corrected chi connectivity index (χ2v) is 5.60. The quantitative estimate of drug-likeness (QED) is 0.725. The first kappa shape index (κ1) is 19.2. The minimum Gasteiger partial charge on any atom is -0.477 e. The number of aromatic nitrogens is 1. The van der Waals surface area contributed by atoms with Gasteiger partial charge >= 0.3 is 5.97 Å². The molecule has 3 aromatic rings. The van der Waals surface area contributed by atoms with Crippen molar-refractivity contribution >= 4 is 28.4 Å². The molecule has 0 fully saturated rings. The summed E-state index contributed by atoms with van der Waals surface area (Å²) >= 11 is 0. The maximum Gasteiger partial charge on any atom is 0.343 e. The molecule has 2 aromatic heterocycles. The molecular formula is C19H21FN2O4. The predicted octanol–water partition coefficient (Wildman–Crippen LogP) is 4.36. The second kappa shape index (κ2) is 7.43. The topological polar surface area (TPSA) is 84.5 Å². The number of halogens is 1. The van der Waals surface area contributed by atoms with E-state index in [1.807, 2.05) is 13.8 Å². The number of aryl methyl sites for hydroxylation is 2. The fourth-order valence-corrected chi connectivity index (χ4v) is 2.61. The van der Waals surface area contributed by atoms with Crippen molar-refractivity contribution in [3.63, 3.8) is 0 Å². The molecule has 0 unspecified atom stereocenters. The minimum absolute atomic E-state index is 0.0295. The molecule has 0 radical (unpaired) electrons. The van der Waals surface area contributed by atoms with Crippen molar-refractivity contribution in [3.05, 3.63) is 57.3 Å². The van der Waals surface area contributed by atoms with Gasteiger partial charge in [-0.25, -0.2) is 9.18 Å². The average molecular weight is 360 g/mol. The molecule has 26 heavy (non-hydrogen) atoms. The van der Waals surface area contributed by atoms with Gasteiger partial charge in [0, 0.05) is 7.05 Å². The van der Waals surface area contributed by atoms with Crippen molar-refractivity contribution in [1.29, 1.82) is 0 Å². The van der Waals surface area contributed by atoms with Crippen molar-refractivity contribution in [3.8, 4) is 0 Å². The summed E-state index contributed by atoms with van der Waals surface area (Å²) in [5, 5.41) is 12.4. The van der Waals surface area contributed by atoms with Crippen LogP contribution in [0.15, 0.2) is 33.5 Å². The van der Waals surface area contributed by atoms with E-state index in [1.165, 1.54) is 25.2 Å². The van der Waals surface area contributed by atoms with Gasteiger partial charge in [-0.2, -0.15) is 0 Å². The zero-order chi connectivity index (χ0) is 19.6. The summed E-state index contributed by atoms with van der Waals surface area (Å²) in [5.41, 5.74) is 0.114. The summed E-state index contributed by atoms with van der Waals surface area (Å²) in [6.07, 6.45) is 0. The lowest BCUT2D eigenvalue weighted by atomic mass is 10.1. The fourth-order valence-electron chi connectivity index (χ4n) is 2.61. The standard InChI is InChI=1S/C17H15FN2O4.C2H6/c1-8-4-5-12(11(18)6-8)19-15-13(17(22)23)14-10(7-9(2)24-14)16(21)20(15)3;1-2/h4-7,19H,1-3H3,(H,22,23);1-2H3. The number of carboxylic acid groups (broad SMARTS) is 1. The van der Waals surface area contributed by atoms with Crippen molar-refractivity contribution in [1.82, 2.24) is 4.57 Å². The van der Waals surface area contributed by atoms with Gasteiger partial charge in [0.25, 0.3) is 5.56 Å². The maximum absolute atomic E-state index is 14.1. The van der Waals surface area contributed by atoms with Crippen LogP contribution in [0.3, 0.4) is 0 Å². The van der Waals surface area contributed by atoms with E-state index >= 15 is 0 Å². The third kappa shape index (κ3) is 3.33. The predicted molar refractivity (Wildman–Crippen MR) is 98.9 cm³/mol. The number of fused-ring (bicyclic) bond motifs is 1. The van der Waals surface area contributed by atoms with Crippen LogP contribution in [0.1, 0.15) is 35.5 Å². The molecule has 0 bridgehead atoms. The summed E-state index contributed by atoms with van der Waals surface area (Å²) in [6.45, 7) is 7.36. The molecule has 2 N–H and O–H groups in total. The molecule has 0 saturated carbocycles. The van der Waals surface area contributed by atoms with Crippen molar-refractivity contribution in [2.45, 2.75) is 27.7 Å². The maximum atomic E-state index is 14.1. The third-order valence-electron chi connectivity index (χ3n) is 3.78. The molecular weight excluding hydrogens is 339 g/mol. The van der Waals surface area contributed by atoms with E-state index in [0.29, 0.717) is 5.76 Å². The highest BCUT2D eigenvalue weighted by molar-refractivity contribution is 6.06. The SMILES string of the molecule is CC.Cc1ccc(Nc2c(C(=O)O)c3oc(C)cc3c(=O)n2C)c(F)c1. The van der Waals surface area contributed by atoms with Gasteiger partial charge in [0.2, 0.25) is 0 Å². The summed E-state index contributed by atoms with van der Waals surface area (Å²) < 4.78 is 20.6. The number of hydrogen-bond acceptors (Lipinski definition) is 4. The number of rotatable bonds is 3. The first-order valence-corrected chi connectivity index (χ1v) is 8.19. The van der Waals surface area contributed by atoms with Crippen LogP contribution < -0.4 is 10.9 Å². The van der Waals surface area contributed by atoms with E-state index in [-0.39, 0.29) is 28.0 Å². The molecule has 0 spiro atoms. The number of benzene rings is 1. The van der Waals surface area contributed by atoms with E-state index < -0.39 is 17.3 Å². The summed E-state index contributed by atoms with van der Waals surface area (Å²) in [6, 6.07) is 5.97. The highest BCUT2D eigenvalue weighted by Crippen LogP contribution is 2.29. The number of anilines is 2. The largest absolute Gasteiger partial charge is 0.477 e. The Labute approximate surface area is 149 Å². The Balaban J connectivity index is 0.00000117. The molecule has 2 heterocycles. The highest BCUT2D eigenvalue weighted by Gasteiger charge is 2.24. The Morgan fingerprint density at radius 2 is 1.88 bits per heavy atom. The van der Waals surface area contributed by atoms with Crippen molar-refractivity contribution in [2.24, 2.45) is 7.05 Å². The zero-order valence-corrected chi connectivity index (χ0v) is 15.3. The summed E-state index contributed by atoms with van der Waals surface area (Å²) in [7, 11) is 1.42. The monoisotopic (exact) mass is 360 g/mol. The van der Waals surface area contributed by atoms with Gasteiger partial charge in [-0.3, -0.25) is 9.36 Å². The van der Waals surface area contributed by atoms with Crippen LogP contribution in [0.5, 0.6) is 0 Å². The van der Waals surface area contributed by atoms with E-state index in [9.17, 15) is 19.1 Å². The van der Waals surface area contributed by atoms with Gasteiger partial charge in [0.05, 0.1) is 11.1 Å². The number of furan rings is 1. The van der Waals surface area contributed by atoms with E-state index in [1.54, 1.807) is 19.9 Å². The summed E-state index contributed by atoms with van der Waals surface area (Å²) in [5.74, 6) is -1.45. The number of nitrogens with one attached hydrogen (secondary N) is 1. The highest BCUT2D eigenvalue weighted by atomic mass is 19.1. The van der Waals surface area contributed by atoms with Crippen molar-refractivity contribution in [2.75, 3.05) is 5.32 Å². The number of pyridine rings is 1. The van der Waals surface area contributed by atoms with Gasteiger partial charge < -0.3 is 14.8 Å². The normalized spacial score (nSPS) is 10.4. The van der Waals surface area contributed by atoms with Crippen LogP contribution in [0.25, 0.3) is 11.0 Å². The number of hydrogen-bond donors (Lipinski definition) is 2. The average Bonchev–Trinajstić information content (AvgIpc) is 2.97. The van der Waals surface area contributed by atoms with E-state index in [2.05, 4.69) is 5.32 Å².